The summed E-state index contributed by atoms with van der Waals surface area (Å²) in [6, 6.07) is 6.96. The molecule has 1 heterocycles. The van der Waals surface area contributed by atoms with Crippen molar-refractivity contribution in [3.8, 4) is 0 Å². The minimum Gasteiger partial charge on any atom is -0.341 e. The van der Waals surface area contributed by atoms with Crippen LogP contribution in [0.1, 0.15) is 49.4 Å². The second-order valence-electron chi connectivity index (χ2n) is 7.78. The number of rotatable bonds is 2. The van der Waals surface area contributed by atoms with E-state index >= 15 is 0 Å². The highest BCUT2D eigenvalue weighted by Gasteiger charge is 2.40. The third kappa shape index (κ3) is 5.15. The van der Waals surface area contributed by atoms with Crippen molar-refractivity contribution in [2.75, 3.05) is 26.2 Å². The molecule has 5 nitrogen and oxygen atoms in total. The van der Waals surface area contributed by atoms with Crippen molar-refractivity contribution in [1.29, 1.82) is 0 Å². The van der Waals surface area contributed by atoms with E-state index in [2.05, 4.69) is 0 Å². The average molecular weight is 414 g/mol. The van der Waals surface area contributed by atoms with E-state index in [-0.39, 0.29) is 30.1 Å². The summed E-state index contributed by atoms with van der Waals surface area (Å²) in [7, 11) is 0. The van der Waals surface area contributed by atoms with Crippen LogP contribution in [0, 0.1) is 5.92 Å². The first-order chi connectivity index (χ1) is 12.4. The highest BCUT2D eigenvalue weighted by Crippen LogP contribution is 2.33. The molecule has 2 N–H and O–H groups in total. The lowest BCUT2D eigenvalue weighted by atomic mass is 9.74. The number of hydrogen-bond acceptors (Lipinski definition) is 3. The molecule has 1 aliphatic carbocycles. The molecule has 1 aromatic carbocycles. The molecule has 27 heavy (non-hydrogen) atoms. The van der Waals surface area contributed by atoms with Gasteiger partial charge in [0.25, 0.3) is 5.91 Å². The molecular weight excluding hydrogens is 385 g/mol. The number of carbonyl (C=O) groups excluding carboxylic acids is 2. The van der Waals surface area contributed by atoms with Gasteiger partial charge in [-0.25, -0.2) is 0 Å². The summed E-state index contributed by atoms with van der Waals surface area (Å²) in [4.78, 5) is 29.5. The van der Waals surface area contributed by atoms with E-state index in [1.807, 2.05) is 16.7 Å². The van der Waals surface area contributed by atoms with Crippen LogP contribution in [-0.4, -0.2) is 53.3 Å². The zero-order chi connectivity index (χ0) is 18.7. The summed E-state index contributed by atoms with van der Waals surface area (Å²) in [6.07, 6.45) is 4.73. The maximum atomic E-state index is 13.0. The molecule has 2 unspecified atom stereocenters. The molecule has 1 saturated carbocycles. The zero-order valence-corrected chi connectivity index (χ0v) is 17.4. The monoisotopic (exact) mass is 413 g/mol. The molecule has 1 saturated heterocycles. The molecular formula is C20H29Cl2N3O2. The predicted molar refractivity (Wildman–Crippen MR) is 110 cm³/mol. The molecule has 3 rings (SSSR count). The molecule has 0 radical (unpaired) electrons. The molecule has 0 bridgehead atoms. The van der Waals surface area contributed by atoms with Crippen LogP contribution in [0.2, 0.25) is 5.02 Å². The third-order valence-electron chi connectivity index (χ3n) is 5.74. The molecule has 1 aromatic rings. The number of carbonyl (C=O) groups is 2. The van der Waals surface area contributed by atoms with Gasteiger partial charge in [0.1, 0.15) is 0 Å². The van der Waals surface area contributed by atoms with Gasteiger partial charge in [0.15, 0.2) is 0 Å². The Labute approximate surface area is 172 Å². The van der Waals surface area contributed by atoms with Crippen molar-refractivity contribution in [3.63, 3.8) is 0 Å². The summed E-state index contributed by atoms with van der Waals surface area (Å²) in [6.45, 7) is 4.49. The number of nitrogens with zero attached hydrogens (tertiary/aromatic N) is 2. The highest BCUT2D eigenvalue weighted by atomic mass is 35.5. The summed E-state index contributed by atoms with van der Waals surface area (Å²) in [5.41, 5.74) is 6.63. The van der Waals surface area contributed by atoms with E-state index in [9.17, 15) is 9.59 Å². The Morgan fingerprint density at radius 3 is 2.33 bits per heavy atom. The Balaban J connectivity index is 0.00000261. The van der Waals surface area contributed by atoms with E-state index in [0.717, 1.165) is 32.1 Å². The highest BCUT2D eigenvalue weighted by molar-refractivity contribution is 6.30. The van der Waals surface area contributed by atoms with Crippen LogP contribution in [0.25, 0.3) is 0 Å². The van der Waals surface area contributed by atoms with Gasteiger partial charge in [-0.15, -0.1) is 12.4 Å². The van der Waals surface area contributed by atoms with Gasteiger partial charge in [-0.1, -0.05) is 24.4 Å². The lowest BCUT2D eigenvalue weighted by Gasteiger charge is -2.39. The van der Waals surface area contributed by atoms with Crippen molar-refractivity contribution in [3.05, 3.63) is 34.9 Å². The number of benzene rings is 1. The molecule has 0 aromatic heterocycles. The first kappa shape index (κ1) is 22.0. The lowest BCUT2D eigenvalue weighted by molar-refractivity contribution is -0.138. The van der Waals surface area contributed by atoms with Crippen molar-refractivity contribution in [2.24, 2.45) is 11.7 Å². The Kier molecular flexibility index (Phi) is 7.55. The molecule has 7 heteroatoms. The second-order valence-corrected chi connectivity index (χ2v) is 8.22. The number of halogens is 2. The topological polar surface area (TPSA) is 66.6 Å². The lowest BCUT2D eigenvalue weighted by Crippen LogP contribution is -2.54. The zero-order valence-electron chi connectivity index (χ0n) is 15.8. The molecule has 0 spiro atoms. The average Bonchev–Trinajstić information content (AvgIpc) is 2.87. The summed E-state index contributed by atoms with van der Waals surface area (Å²) >= 11 is 5.90. The molecule has 150 valence electrons. The first-order valence-electron chi connectivity index (χ1n) is 9.51. The Morgan fingerprint density at radius 2 is 1.67 bits per heavy atom. The summed E-state index contributed by atoms with van der Waals surface area (Å²) < 4.78 is 0. The maximum Gasteiger partial charge on any atom is 0.253 e. The van der Waals surface area contributed by atoms with E-state index in [4.69, 9.17) is 17.3 Å². The summed E-state index contributed by atoms with van der Waals surface area (Å²) in [5.74, 6) is 0.0579. The van der Waals surface area contributed by atoms with E-state index in [0.29, 0.717) is 36.8 Å². The smallest absolute Gasteiger partial charge is 0.253 e. The quantitative estimate of drug-likeness (QED) is 0.807. The SMILES string of the molecule is CC1(N)CCCCC1C(=O)N1CCCN(C(=O)c2ccc(Cl)cc2)CC1.Cl. The van der Waals surface area contributed by atoms with Crippen molar-refractivity contribution in [1.82, 2.24) is 9.80 Å². The van der Waals surface area contributed by atoms with Crippen LogP contribution in [0.15, 0.2) is 24.3 Å². The largest absolute Gasteiger partial charge is 0.341 e. The van der Waals surface area contributed by atoms with Crippen LogP contribution >= 0.6 is 24.0 Å². The van der Waals surface area contributed by atoms with Crippen molar-refractivity contribution < 1.29 is 9.59 Å². The number of hydrogen-bond donors (Lipinski definition) is 1. The Hall–Kier alpha value is -1.30. The fraction of sp³-hybridized carbons (Fsp3) is 0.600. The van der Waals surface area contributed by atoms with Crippen molar-refractivity contribution >= 4 is 35.8 Å². The van der Waals surface area contributed by atoms with Gasteiger partial charge in [0.05, 0.1) is 5.92 Å². The first-order valence-corrected chi connectivity index (χ1v) is 9.89. The Bertz CT molecular complexity index is 664. The standard InChI is InChI=1S/C20H28ClN3O2.ClH/c1-20(22)10-3-2-5-17(20)19(26)24-12-4-11-23(13-14-24)18(25)15-6-8-16(21)9-7-15;/h6-9,17H,2-5,10-14,22H2,1H3;1H. The van der Waals surface area contributed by atoms with Gasteiger partial charge in [0.2, 0.25) is 5.91 Å². The van der Waals surface area contributed by atoms with Gasteiger partial charge in [-0.3, -0.25) is 9.59 Å². The van der Waals surface area contributed by atoms with Crippen LogP contribution in [0.3, 0.4) is 0 Å². The van der Waals surface area contributed by atoms with E-state index in [1.54, 1.807) is 24.3 Å². The summed E-state index contributed by atoms with van der Waals surface area (Å²) in [5, 5.41) is 0.617. The van der Waals surface area contributed by atoms with Gasteiger partial charge in [-0.05, 0) is 50.5 Å². The number of amides is 2. The van der Waals surface area contributed by atoms with E-state index < -0.39 is 5.54 Å². The molecule has 2 aliphatic rings. The maximum absolute atomic E-state index is 13.0. The second kappa shape index (κ2) is 9.26. The van der Waals surface area contributed by atoms with Crippen molar-refractivity contribution in [2.45, 2.75) is 44.6 Å². The van der Waals surface area contributed by atoms with E-state index in [1.165, 1.54) is 0 Å². The minimum atomic E-state index is -0.416. The molecule has 2 amide bonds. The van der Waals surface area contributed by atoms with Gasteiger partial charge in [-0.2, -0.15) is 0 Å². The molecule has 1 aliphatic heterocycles. The Morgan fingerprint density at radius 1 is 1.04 bits per heavy atom. The van der Waals surface area contributed by atoms with Crippen LogP contribution in [0.4, 0.5) is 0 Å². The molecule has 2 atom stereocenters. The van der Waals surface area contributed by atoms with Crippen LogP contribution < -0.4 is 5.73 Å². The van der Waals surface area contributed by atoms with Gasteiger partial charge < -0.3 is 15.5 Å². The fourth-order valence-corrected chi connectivity index (χ4v) is 4.23. The van der Waals surface area contributed by atoms with Gasteiger partial charge in [0, 0.05) is 42.3 Å². The number of nitrogens with two attached hydrogens (primary N) is 1. The third-order valence-corrected chi connectivity index (χ3v) is 5.99. The fourth-order valence-electron chi connectivity index (χ4n) is 4.10. The molecule has 2 fully saturated rings. The normalized spacial score (nSPS) is 26.1. The minimum absolute atomic E-state index is 0. The van der Waals surface area contributed by atoms with Crippen LogP contribution in [0.5, 0.6) is 0 Å². The predicted octanol–water partition coefficient (Wildman–Crippen LogP) is 3.34. The van der Waals surface area contributed by atoms with Gasteiger partial charge >= 0.3 is 0 Å². The van der Waals surface area contributed by atoms with Crippen LogP contribution in [-0.2, 0) is 4.79 Å².